The second kappa shape index (κ2) is 7.35. The van der Waals surface area contributed by atoms with Gasteiger partial charge in [-0.05, 0) is 42.8 Å². The Hall–Kier alpha value is -2.33. The molecule has 27 heavy (non-hydrogen) atoms. The minimum Gasteiger partial charge on any atom is -0.497 e. The molecule has 0 aliphatic carbocycles. The standard InChI is InChI=1S/C17H18F3N3O3S/c1-26-14-3-5-15(6-4-14)27(24,25)22-13-8-9-23(11-13)16-7-2-12(10-21-16)17(18,19)20/h2-7,10,13,22H,8-9,11H2,1H3. The van der Waals surface area contributed by atoms with Crippen LogP contribution in [0, 0.1) is 0 Å². The van der Waals surface area contributed by atoms with Gasteiger partial charge in [-0.15, -0.1) is 0 Å². The first-order valence-corrected chi connectivity index (χ1v) is 9.62. The highest BCUT2D eigenvalue weighted by Gasteiger charge is 2.32. The van der Waals surface area contributed by atoms with E-state index in [2.05, 4.69) is 9.71 Å². The van der Waals surface area contributed by atoms with Crippen LogP contribution in [0.3, 0.4) is 0 Å². The zero-order valence-electron chi connectivity index (χ0n) is 14.4. The first kappa shape index (κ1) is 19.4. The van der Waals surface area contributed by atoms with Crippen molar-refractivity contribution in [1.82, 2.24) is 9.71 Å². The van der Waals surface area contributed by atoms with Gasteiger partial charge in [0.25, 0.3) is 0 Å². The van der Waals surface area contributed by atoms with Crippen molar-refractivity contribution in [3.63, 3.8) is 0 Å². The molecule has 1 aliphatic rings. The number of rotatable bonds is 5. The molecule has 3 rings (SSSR count). The van der Waals surface area contributed by atoms with Gasteiger partial charge in [-0.2, -0.15) is 13.2 Å². The Bertz CT molecular complexity index is 884. The van der Waals surface area contributed by atoms with Crippen molar-refractivity contribution >= 4 is 15.8 Å². The van der Waals surface area contributed by atoms with E-state index in [1.807, 2.05) is 0 Å². The first-order valence-electron chi connectivity index (χ1n) is 8.13. The maximum atomic E-state index is 12.6. The topological polar surface area (TPSA) is 71.5 Å². The van der Waals surface area contributed by atoms with Crippen molar-refractivity contribution in [1.29, 1.82) is 0 Å². The number of halogens is 3. The van der Waals surface area contributed by atoms with E-state index in [0.717, 1.165) is 12.3 Å². The van der Waals surface area contributed by atoms with Crippen LogP contribution in [0.2, 0.25) is 0 Å². The largest absolute Gasteiger partial charge is 0.497 e. The molecule has 0 saturated carbocycles. The van der Waals surface area contributed by atoms with Crippen LogP contribution in [0.5, 0.6) is 5.75 Å². The van der Waals surface area contributed by atoms with Crippen LogP contribution in [0.25, 0.3) is 0 Å². The SMILES string of the molecule is COc1ccc(S(=O)(=O)NC2CCN(c3ccc(C(F)(F)F)cn3)C2)cc1. The molecule has 1 saturated heterocycles. The van der Waals surface area contributed by atoms with Crippen molar-refractivity contribution in [2.24, 2.45) is 0 Å². The number of pyridine rings is 1. The minimum absolute atomic E-state index is 0.120. The van der Waals surface area contributed by atoms with E-state index in [4.69, 9.17) is 4.74 Å². The number of hydrogen-bond donors (Lipinski definition) is 1. The lowest BCUT2D eigenvalue weighted by Gasteiger charge is -2.18. The molecule has 146 valence electrons. The number of alkyl halides is 3. The molecule has 0 spiro atoms. The molecule has 1 aliphatic heterocycles. The van der Waals surface area contributed by atoms with Gasteiger partial charge in [0.1, 0.15) is 11.6 Å². The Morgan fingerprint density at radius 3 is 2.44 bits per heavy atom. The van der Waals surface area contributed by atoms with Crippen molar-refractivity contribution in [3.8, 4) is 5.75 Å². The third-order valence-corrected chi connectivity index (χ3v) is 5.82. The molecule has 0 amide bonds. The highest BCUT2D eigenvalue weighted by molar-refractivity contribution is 7.89. The van der Waals surface area contributed by atoms with E-state index in [0.29, 0.717) is 31.1 Å². The van der Waals surface area contributed by atoms with Crippen LogP contribution in [0.15, 0.2) is 47.5 Å². The van der Waals surface area contributed by atoms with Gasteiger partial charge in [0.2, 0.25) is 10.0 Å². The zero-order valence-corrected chi connectivity index (χ0v) is 15.2. The smallest absolute Gasteiger partial charge is 0.417 e. The molecular formula is C17H18F3N3O3S. The van der Waals surface area contributed by atoms with Crippen molar-refractivity contribution in [2.75, 3.05) is 25.1 Å². The number of ether oxygens (including phenoxy) is 1. The summed E-state index contributed by atoms with van der Waals surface area (Å²) in [6.07, 6.45) is -3.13. The van der Waals surface area contributed by atoms with Gasteiger partial charge in [-0.25, -0.2) is 18.1 Å². The molecule has 1 fully saturated rings. The molecule has 10 heteroatoms. The van der Waals surface area contributed by atoms with Crippen molar-refractivity contribution in [2.45, 2.75) is 23.5 Å². The summed E-state index contributed by atoms with van der Waals surface area (Å²) >= 11 is 0. The summed E-state index contributed by atoms with van der Waals surface area (Å²) in [5.41, 5.74) is -0.817. The van der Waals surface area contributed by atoms with E-state index < -0.39 is 21.8 Å². The molecule has 6 nitrogen and oxygen atoms in total. The summed E-state index contributed by atoms with van der Waals surface area (Å²) in [6.45, 7) is 0.821. The van der Waals surface area contributed by atoms with Crippen molar-refractivity contribution in [3.05, 3.63) is 48.2 Å². The van der Waals surface area contributed by atoms with Gasteiger partial charge in [0.15, 0.2) is 0 Å². The molecular weight excluding hydrogens is 383 g/mol. The number of nitrogens with one attached hydrogen (secondary N) is 1. The summed E-state index contributed by atoms with van der Waals surface area (Å²) in [7, 11) is -2.21. The highest BCUT2D eigenvalue weighted by atomic mass is 32.2. The predicted molar refractivity (Wildman–Crippen MR) is 93.2 cm³/mol. The molecule has 0 radical (unpaired) electrons. The number of anilines is 1. The maximum Gasteiger partial charge on any atom is 0.417 e. The molecule has 0 bridgehead atoms. The second-order valence-electron chi connectivity index (χ2n) is 6.13. The quantitative estimate of drug-likeness (QED) is 0.834. The van der Waals surface area contributed by atoms with Crippen LogP contribution >= 0.6 is 0 Å². The van der Waals surface area contributed by atoms with Gasteiger partial charge >= 0.3 is 6.18 Å². The molecule has 1 aromatic heterocycles. The number of aromatic nitrogens is 1. The van der Waals surface area contributed by atoms with Gasteiger partial charge < -0.3 is 9.64 Å². The molecule has 2 aromatic rings. The number of hydrogen-bond acceptors (Lipinski definition) is 5. The normalized spacial score (nSPS) is 17.9. The summed E-state index contributed by atoms with van der Waals surface area (Å²) in [5.74, 6) is 0.934. The van der Waals surface area contributed by atoms with Crippen LogP contribution < -0.4 is 14.4 Å². The fourth-order valence-corrected chi connectivity index (χ4v) is 4.11. The molecule has 2 heterocycles. The molecule has 1 N–H and O–H groups in total. The first-order chi connectivity index (χ1) is 12.7. The summed E-state index contributed by atoms with van der Waals surface area (Å²) in [4.78, 5) is 5.72. The lowest BCUT2D eigenvalue weighted by molar-refractivity contribution is -0.137. The lowest BCUT2D eigenvalue weighted by Crippen LogP contribution is -2.37. The van der Waals surface area contributed by atoms with Gasteiger partial charge in [-0.3, -0.25) is 0 Å². The van der Waals surface area contributed by atoms with Crippen LogP contribution in [-0.4, -0.2) is 39.6 Å². The number of sulfonamides is 1. The van der Waals surface area contributed by atoms with E-state index >= 15 is 0 Å². The minimum atomic E-state index is -4.44. The maximum absolute atomic E-state index is 12.6. The fourth-order valence-electron chi connectivity index (χ4n) is 2.85. The van der Waals surface area contributed by atoms with Gasteiger partial charge in [0.05, 0.1) is 17.6 Å². The fraction of sp³-hybridized carbons (Fsp3) is 0.353. The van der Waals surface area contributed by atoms with Gasteiger partial charge in [0, 0.05) is 25.3 Å². The average Bonchev–Trinajstić information content (AvgIpc) is 3.09. The number of nitrogens with zero attached hydrogens (tertiary/aromatic N) is 2. The number of methoxy groups -OCH3 is 1. The Morgan fingerprint density at radius 2 is 1.89 bits per heavy atom. The number of benzene rings is 1. The second-order valence-corrected chi connectivity index (χ2v) is 7.85. The molecule has 1 aromatic carbocycles. The summed E-state index contributed by atoms with van der Waals surface area (Å²) in [5, 5.41) is 0. The third kappa shape index (κ3) is 4.51. The van der Waals surface area contributed by atoms with Gasteiger partial charge in [-0.1, -0.05) is 0 Å². The molecule has 1 unspecified atom stereocenters. The summed E-state index contributed by atoms with van der Waals surface area (Å²) in [6, 6.07) is 7.92. The zero-order chi connectivity index (χ0) is 19.7. The van der Waals surface area contributed by atoms with Crippen LogP contribution in [-0.2, 0) is 16.2 Å². The summed E-state index contributed by atoms with van der Waals surface area (Å²) < 4.78 is 70.4. The highest BCUT2D eigenvalue weighted by Crippen LogP contribution is 2.30. The van der Waals surface area contributed by atoms with E-state index in [1.54, 1.807) is 17.0 Å². The van der Waals surface area contributed by atoms with E-state index in [1.165, 1.54) is 25.3 Å². The Kier molecular flexibility index (Phi) is 5.29. The average molecular weight is 401 g/mol. The molecule has 1 atom stereocenters. The lowest BCUT2D eigenvalue weighted by atomic mass is 10.3. The third-order valence-electron chi connectivity index (χ3n) is 4.28. The van der Waals surface area contributed by atoms with Crippen LogP contribution in [0.1, 0.15) is 12.0 Å². The van der Waals surface area contributed by atoms with E-state index in [9.17, 15) is 21.6 Å². The van der Waals surface area contributed by atoms with Crippen LogP contribution in [0.4, 0.5) is 19.0 Å². The van der Waals surface area contributed by atoms with E-state index in [-0.39, 0.29) is 10.9 Å². The van der Waals surface area contributed by atoms with Crippen molar-refractivity contribution < 1.29 is 26.3 Å². The Balaban J connectivity index is 1.65. The monoisotopic (exact) mass is 401 g/mol. The predicted octanol–water partition coefficient (Wildman–Crippen LogP) is 2.67. The Morgan fingerprint density at radius 1 is 1.19 bits per heavy atom. The Labute approximate surface area is 155 Å².